The predicted octanol–water partition coefficient (Wildman–Crippen LogP) is 2.87. The van der Waals surface area contributed by atoms with Crippen molar-refractivity contribution in [1.29, 1.82) is 0 Å². The SMILES string of the molecule is O=C(O)CCCCNC(=O)c1cnc(Cl)c2ccccc12. The van der Waals surface area contributed by atoms with Crippen molar-refractivity contribution in [3.63, 3.8) is 0 Å². The van der Waals surface area contributed by atoms with Crippen LogP contribution in [0.4, 0.5) is 0 Å². The molecule has 2 aromatic rings. The summed E-state index contributed by atoms with van der Waals surface area (Å²) in [7, 11) is 0. The Hall–Kier alpha value is -2.14. The van der Waals surface area contributed by atoms with Crippen molar-refractivity contribution in [2.75, 3.05) is 6.54 Å². The van der Waals surface area contributed by atoms with Crippen LogP contribution in [-0.4, -0.2) is 28.5 Å². The minimum absolute atomic E-state index is 0.112. The van der Waals surface area contributed by atoms with Crippen LogP contribution in [0.5, 0.6) is 0 Å². The second kappa shape index (κ2) is 7.04. The molecule has 1 aromatic carbocycles. The lowest BCUT2D eigenvalue weighted by Gasteiger charge is -2.08. The largest absolute Gasteiger partial charge is 0.481 e. The second-order valence-corrected chi connectivity index (χ2v) is 4.97. The molecular weight excluding hydrogens is 292 g/mol. The van der Waals surface area contributed by atoms with E-state index in [4.69, 9.17) is 16.7 Å². The van der Waals surface area contributed by atoms with Crippen LogP contribution in [0.15, 0.2) is 30.5 Å². The lowest BCUT2D eigenvalue weighted by atomic mass is 10.1. The van der Waals surface area contributed by atoms with Crippen molar-refractivity contribution in [2.24, 2.45) is 0 Å². The summed E-state index contributed by atoms with van der Waals surface area (Å²) >= 11 is 6.01. The fourth-order valence-electron chi connectivity index (χ4n) is 2.04. The number of nitrogens with zero attached hydrogens (tertiary/aromatic N) is 1. The number of amides is 1. The van der Waals surface area contributed by atoms with E-state index in [0.29, 0.717) is 30.1 Å². The Balaban J connectivity index is 2.03. The Bertz CT molecular complexity index is 673. The highest BCUT2D eigenvalue weighted by atomic mass is 35.5. The van der Waals surface area contributed by atoms with Gasteiger partial charge in [-0.3, -0.25) is 9.59 Å². The number of nitrogens with one attached hydrogen (secondary N) is 1. The molecule has 1 heterocycles. The van der Waals surface area contributed by atoms with Crippen molar-refractivity contribution in [1.82, 2.24) is 10.3 Å². The first-order valence-corrected chi connectivity index (χ1v) is 7.00. The molecular formula is C15H15ClN2O3. The molecule has 0 aliphatic heterocycles. The van der Waals surface area contributed by atoms with Crippen molar-refractivity contribution in [3.05, 3.63) is 41.2 Å². The smallest absolute Gasteiger partial charge is 0.303 e. The van der Waals surface area contributed by atoms with Gasteiger partial charge in [0, 0.05) is 24.5 Å². The molecule has 21 heavy (non-hydrogen) atoms. The molecule has 0 fully saturated rings. The minimum atomic E-state index is -0.825. The van der Waals surface area contributed by atoms with Gasteiger partial charge in [0.25, 0.3) is 5.91 Å². The predicted molar refractivity (Wildman–Crippen MR) is 80.6 cm³/mol. The van der Waals surface area contributed by atoms with E-state index in [2.05, 4.69) is 10.3 Å². The van der Waals surface area contributed by atoms with Gasteiger partial charge < -0.3 is 10.4 Å². The van der Waals surface area contributed by atoms with Gasteiger partial charge in [-0.2, -0.15) is 0 Å². The molecule has 2 N–H and O–H groups in total. The monoisotopic (exact) mass is 306 g/mol. The molecule has 1 amide bonds. The zero-order valence-corrected chi connectivity index (χ0v) is 12.1. The van der Waals surface area contributed by atoms with Crippen LogP contribution >= 0.6 is 11.6 Å². The van der Waals surface area contributed by atoms with Crippen LogP contribution in [0, 0.1) is 0 Å². The number of fused-ring (bicyclic) bond motifs is 1. The Labute approximate surface area is 126 Å². The molecule has 6 heteroatoms. The lowest BCUT2D eigenvalue weighted by molar-refractivity contribution is -0.137. The number of carbonyl (C=O) groups excluding carboxylic acids is 1. The summed E-state index contributed by atoms with van der Waals surface area (Å²) < 4.78 is 0. The summed E-state index contributed by atoms with van der Waals surface area (Å²) in [6.45, 7) is 0.434. The zero-order chi connectivity index (χ0) is 15.2. The molecule has 0 radical (unpaired) electrons. The number of hydrogen-bond acceptors (Lipinski definition) is 3. The highest BCUT2D eigenvalue weighted by Crippen LogP contribution is 2.24. The normalized spacial score (nSPS) is 10.5. The Morgan fingerprint density at radius 1 is 1.19 bits per heavy atom. The van der Waals surface area contributed by atoms with E-state index < -0.39 is 5.97 Å². The molecule has 110 valence electrons. The average molecular weight is 307 g/mol. The van der Waals surface area contributed by atoms with E-state index in [-0.39, 0.29) is 12.3 Å². The van der Waals surface area contributed by atoms with Gasteiger partial charge in [0.15, 0.2) is 0 Å². The van der Waals surface area contributed by atoms with Crippen LogP contribution in [0.2, 0.25) is 5.15 Å². The summed E-state index contributed by atoms with van der Waals surface area (Å²) in [6, 6.07) is 7.31. The maximum Gasteiger partial charge on any atom is 0.303 e. The lowest BCUT2D eigenvalue weighted by Crippen LogP contribution is -2.25. The van der Waals surface area contributed by atoms with Gasteiger partial charge >= 0.3 is 5.97 Å². The summed E-state index contributed by atoms with van der Waals surface area (Å²) in [5, 5.41) is 13.2. The molecule has 0 aliphatic rings. The van der Waals surface area contributed by atoms with E-state index in [1.807, 2.05) is 24.3 Å². The number of aliphatic carboxylic acids is 1. The summed E-state index contributed by atoms with van der Waals surface area (Å²) in [6.07, 6.45) is 2.73. The number of halogens is 1. The van der Waals surface area contributed by atoms with E-state index in [0.717, 1.165) is 10.8 Å². The number of rotatable bonds is 6. The molecule has 1 aromatic heterocycles. The Kier molecular flexibility index (Phi) is 5.11. The second-order valence-electron chi connectivity index (χ2n) is 4.62. The van der Waals surface area contributed by atoms with Crippen molar-refractivity contribution in [2.45, 2.75) is 19.3 Å². The molecule has 0 saturated carbocycles. The van der Waals surface area contributed by atoms with Crippen LogP contribution < -0.4 is 5.32 Å². The van der Waals surface area contributed by atoms with Crippen molar-refractivity contribution >= 4 is 34.2 Å². The topological polar surface area (TPSA) is 79.3 Å². The number of unbranched alkanes of at least 4 members (excludes halogenated alkanes) is 1. The number of aromatic nitrogens is 1. The Morgan fingerprint density at radius 3 is 2.62 bits per heavy atom. The standard InChI is InChI=1S/C15H15ClN2O3/c16-14-11-6-2-1-5-10(11)12(9-18-14)15(21)17-8-4-3-7-13(19)20/h1-2,5-6,9H,3-4,7-8H2,(H,17,21)(H,19,20). The number of carbonyl (C=O) groups is 2. The zero-order valence-electron chi connectivity index (χ0n) is 11.3. The molecule has 5 nitrogen and oxygen atoms in total. The highest BCUT2D eigenvalue weighted by molar-refractivity contribution is 6.34. The molecule has 2 rings (SSSR count). The van der Waals surface area contributed by atoms with Gasteiger partial charge in [-0.15, -0.1) is 0 Å². The number of carboxylic acid groups (broad SMARTS) is 1. The fourth-order valence-corrected chi connectivity index (χ4v) is 2.25. The van der Waals surface area contributed by atoms with Crippen molar-refractivity contribution in [3.8, 4) is 0 Å². The number of hydrogen-bond donors (Lipinski definition) is 2. The first-order chi connectivity index (χ1) is 10.1. The average Bonchev–Trinajstić information content (AvgIpc) is 2.47. The molecule has 0 atom stereocenters. The first kappa shape index (κ1) is 15.3. The maximum atomic E-state index is 12.2. The van der Waals surface area contributed by atoms with Gasteiger partial charge in [0.05, 0.1) is 5.56 Å². The molecule has 0 saturated heterocycles. The third kappa shape index (κ3) is 3.92. The summed E-state index contributed by atoms with van der Waals surface area (Å²) in [5.74, 6) is -1.06. The summed E-state index contributed by atoms with van der Waals surface area (Å²) in [5.41, 5.74) is 0.466. The number of pyridine rings is 1. The van der Waals surface area contributed by atoms with Crippen LogP contribution in [0.25, 0.3) is 10.8 Å². The fraction of sp³-hybridized carbons (Fsp3) is 0.267. The molecule has 0 aliphatic carbocycles. The maximum absolute atomic E-state index is 12.2. The Morgan fingerprint density at radius 2 is 1.90 bits per heavy atom. The van der Waals surface area contributed by atoms with E-state index in [1.54, 1.807) is 0 Å². The number of benzene rings is 1. The van der Waals surface area contributed by atoms with Gasteiger partial charge in [-0.05, 0) is 18.2 Å². The third-order valence-corrected chi connectivity index (χ3v) is 3.40. The molecule has 0 unspecified atom stereocenters. The van der Waals surface area contributed by atoms with E-state index in [9.17, 15) is 9.59 Å². The quantitative estimate of drug-likeness (QED) is 0.635. The number of carboxylic acids is 1. The molecule has 0 bridgehead atoms. The minimum Gasteiger partial charge on any atom is -0.481 e. The van der Waals surface area contributed by atoms with E-state index in [1.165, 1.54) is 6.20 Å². The first-order valence-electron chi connectivity index (χ1n) is 6.63. The van der Waals surface area contributed by atoms with Gasteiger partial charge in [0.1, 0.15) is 5.15 Å². The summed E-state index contributed by atoms with van der Waals surface area (Å²) in [4.78, 5) is 26.6. The molecule has 0 spiro atoms. The van der Waals surface area contributed by atoms with E-state index >= 15 is 0 Å². The van der Waals surface area contributed by atoms with Crippen molar-refractivity contribution < 1.29 is 14.7 Å². The third-order valence-electron chi connectivity index (χ3n) is 3.09. The highest BCUT2D eigenvalue weighted by Gasteiger charge is 2.12. The van der Waals surface area contributed by atoms with Gasteiger partial charge in [-0.1, -0.05) is 35.9 Å². The van der Waals surface area contributed by atoms with Gasteiger partial charge in [0.2, 0.25) is 0 Å². The van der Waals surface area contributed by atoms with Crippen LogP contribution in [0.1, 0.15) is 29.6 Å². The van der Waals surface area contributed by atoms with Gasteiger partial charge in [-0.25, -0.2) is 4.98 Å². The van der Waals surface area contributed by atoms with Crippen LogP contribution in [-0.2, 0) is 4.79 Å². The van der Waals surface area contributed by atoms with Crippen LogP contribution in [0.3, 0.4) is 0 Å².